The van der Waals surface area contributed by atoms with Crippen molar-refractivity contribution in [3.63, 3.8) is 0 Å². The minimum absolute atomic E-state index is 0.526. The van der Waals surface area contributed by atoms with E-state index < -0.39 is 0 Å². The summed E-state index contributed by atoms with van der Waals surface area (Å²) in [6.45, 7) is 3.26. The van der Waals surface area contributed by atoms with Gasteiger partial charge in [0.25, 0.3) is 0 Å². The Bertz CT molecular complexity index is 900. The maximum absolute atomic E-state index is 6.05. The van der Waals surface area contributed by atoms with Crippen LogP contribution in [0.15, 0.2) is 66.9 Å². The third-order valence-electron chi connectivity index (χ3n) is 5.12. The lowest BCUT2D eigenvalue weighted by atomic mass is 10.0. The van der Waals surface area contributed by atoms with Crippen LogP contribution in [0.4, 0.5) is 17.5 Å². The minimum atomic E-state index is 0.526. The monoisotopic (exact) mass is 374 g/mol. The van der Waals surface area contributed by atoms with Gasteiger partial charge in [0.1, 0.15) is 11.6 Å². The Hall–Kier alpha value is -3.08. The largest absolute Gasteiger partial charge is 0.455 e. The molecular weight excluding hydrogens is 348 g/mol. The molecule has 1 N–H and O–H groups in total. The summed E-state index contributed by atoms with van der Waals surface area (Å²) in [7, 11) is 0. The fourth-order valence-electron chi connectivity index (χ4n) is 3.66. The second kappa shape index (κ2) is 8.74. The van der Waals surface area contributed by atoms with Gasteiger partial charge in [0.05, 0.1) is 5.69 Å². The number of nitrogens with one attached hydrogen (secondary N) is 1. The van der Waals surface area contributed by atoms with Gasteiger partial charge in [-0.1, -0.05) is 37.3 Å². The number of benzene rings is 2. The molecule has 0 aliphatic carbocycles. The molecular formula is C23H26N4O. The highest BCUT2D eigenvalue weighted by molar-refractivity contribution is 5.65. The number of nitrogens with zero attached hydrogens (tertiary/aromatic N) is 3. The average Bonchev–Trinajstić information content (AvgIpc) is 2.76. The van der Waals surface area contributed by atoms with Gasteiger partial charge in [-0.25, -0.2) is 4.98 Å². The molecule has 1 fully saturated rings. The molecule has 2 heterocycles. The molecule has 0 amide bonds. The fourth-order valence-corrected chi connectivity index (χ4v) is 3.66. The van der Waals surface area contributed by atoms with Gasteiger partial charge in [-0.2, -0.15) is 4.98 Å². The van der Waals surface area contributed by atoms with Crippen LogP contribution in [0.3, 0.4) is 0 Å². The molecule has 0 radical (unpaired) electrons. The van der Waals surface area contributed by atoms with E-state index >= 15 is 0 Å². The van der Waals surface area contributed by atoms with Crippen LogP contribution in [0.2, 0.25) is 0 Å². The lowest BCUT2D eigenvalue weighted by Gasteiger charge is -2.35. The van der Waals surface area contributed by atoms with Crippen molar-refractivity contribution in [3.8, 4) is 11.5 Å². The molecule has 28 heavy (non-hydrogen) atoms. The third-order valence-corrected chi connectivity index (χ3v) is 5.12. The number of anilines is 3. The van der Waals surface area contributed by atoms with E-state index in [2.05, 4.69) is 22.1 Å². The van der Waals surface area contributed by atoms with Crippen molar-refractivity contribution < 1.29 is 4.74 Å². The van der Waals surface area contributed by atoms with Crippen molar-refractivity contribution in [2.75, 3.05) is 16.8 Å². The fraction of sp³-hybridized carbons (Fsp3) is 0.304. The lowest BCUT2D eigenvalue weighted by molar-refractivity contribution is 0.443. The molecule has 0 spiro atoms. The van der Waals surface area contributed by atoms with Gasteiger partial charge < -0.3 is 15.0 Å². The Morgan fingerprint density at radius 3 is 2.71 bits per heavy atom. The smallest absolute Gasteiger partial charge is 0.227 e. The maximum Gasteiger partial charge on any atom is 0.227 e. The summed E-state index contributed by atoms with van der Waals surface area (Å²) >= 11 is 0. The van der Waals surface area contributed by atoms with Crippen LogP contribution in [0.5, 0.6) is 11.5 Å². The van der Waals surface area contributed by atoms with Crippen molar-refractivity contribution in [3.05, 3.63) is 66.9 Å². The van der Waals surface area contributed by atoms with Gasteiger partial charge in [0.15, 0.2) is 5.75 Å². The Labute approximate surface area is 166 Å². The Balaban J connectivity index is 1.55. The summed E-state index contributed by atoms with van der Waals surface area (Å²) in [5.74, 6) is 3.14. The van der Waals surface area contributed by atoms with Crippen molar-refractivity contribution >= 4 is 17.5 Å². The van der Waals surface area contributed by atoms with Gasteiger partial charge >= 0.3 is 0 Å². The Morgan fingerprint density at radius 2 is 1.86 bits per heavy atom. The lowest BCUT2D eigenvalue weighted by Crippen LogP contribution is -2.40. The van der Waals surface area contributed by atoms with E-state index in [4.69, 9.17) is 9.72 Å². The van der Waals surface area contributed by atoms with E-state index in [1.165, 1.54) is 19.3 Å². The van der Waals surface area contributed by atoms with E-state index in [0.717, 1.165) is 41.9 Å². The number of hydrogen-bond acceptors (Lipinski definition) is 5. The number of rotatable bonds is 6. The average molecular weight is 374 g/mol. The predicted molar refractivity (Wildman–Crippen MR) is 114 cm³/mol. The first-order valence-corrected chi connectivity index (χ1v) is 10.0. The first-order chi connectivity index (χ1) is 13.8. The van der Waals surface area contributed by atoms with Crippen LogP contribution >= 0.6 is 0 Å². The zero-order chi connectivity index (χ0) is 19.2. The SMILES string of the molecule is CCC1CCCCN1c1nccc(Nc2ccccc2Oc2ccccc2)n1. The van der Waals surface area contributed by atoms with Crippen LogP contribution in [0, 0.1) is 0 Å². The van der Waals surface area contributed by atoms with Crippen molar-refractivity contribution in [2.24, 2.45) is 0 Å². The molecule has 1 aliphatic heterocycles. The molecule has 1 atom stereocenters. The van der Waals surface area contributed by atoms with Crippen molar-refractivity contribution in [1.82, 2.24) is 9.97 Å². The number of hydrogen-bond donors (Lipinski definition) is 1. The minimum Gasteiger partial charge on any atom is -0.455 e. The quantitative estimate of drug-likeness (QED) is 0.592. The number of piperidine rings is 1. The summed E-state index contributed by atoms with van der Waals surface area (Å²) < 4.78 is 6.05. The second-order valence-electron chi connectivity index (χ2n) is 7.03. The van der Waals surface area contributed by atoms with Gasteiger partial charge in [0.2, 0.25) is 5.95 Å². The van der Waals surface area contributed by atoms with Gasteiger partial charge in [-0.05, 0) is 56.0 Å². The summed E-state index contributed by atoms with van der Waals surface area (Å²) in [5, 5.41) is 3.40. The molecule has 1 aromatic heterocycles. The van der Waals surface area contributed by atoms with Crippen molar-refractivity contribution in [2.45, 2.75) is 38.6 Å². The first-order valence-electron chi connectivity index (χ1n) is 10.0. The van der Waals surface area contributed by atoms with E-state index in [9.17, 15) is 0 Å². The number of para-hydroxylation sites is 3. The molecule has 1 unspecified atom stereocenters. The highest BCUT2D eigenvalue weighted by atomic mass is 16.5. The summed E-state index contributed by atoms with van der Waals surface area (Å²) in [5.41, 5.74) is 0.877. The molecule has 0 saturated carbocycles. The van der Waals surface area contributed by atoms with Gasteiger partial charge in [-0.15, -0.1) is 0 Å². The summed E-state index contributed by atoms with van der Waals surface area (Å²) in [4.78, 5) is 11.7. The van der Waals surface area contributed by atoms with E-state index in [0.29, 0.717) is 6.04 Å². The van der Waals surface area contributed by atoms with Crippen LogP contribution in [-0.2, 0) is 0 Å². The number of ether oxygens (including phenoxy) is 1. The molecule has 1 aliphatic rings. The molecule has 3 aromatic rings. The molecule has 5 nitrogen and oxygen atoms in total. The Kier molecular flexibility index (Phi) is 5.71. The topological polar surface area (TPSA) is 50.3 Å². The summed E-state index contributed by atoms with van der Waals surface area (Å²) in [6, 6.07) is 20.1. The van der Waals surface area contributed by atoms with E-state index in [-0.39, 0.29) is 0 Å². The molecule has 5 heteroatoms. The van der Waals surface area contributed by atoms with Gasteiger partial charge in [-0.3, -0.25) is 0 Å². The summed E-state index contributed by atoms with van der Waals surface area (Å²) in [6.07, 6.45) is 6.65. The zero-order valence-corrected chi connectivity index (χ0v) is 16.2. The highest BCUT2D eigenvalue weighted by Gasteiger charge is 2.23. The maximum atomic E-state index is 6.05. The number of aromatic nitrogens is 2. The second-order valence-corrected chi connectivity index (χ2v) is 7.03. The first kappa shape index (κ1) is 18.3. The van der Waals surface area contributed by atoms with Crippen LogP contribution in [0.1, 0.15) is 32.6 Å². The molecule has 2 aromatic carbocycles. The van der Waals surface area contributed by atoms with E-state index in [1.807, 2.05) is 66.9 Å². The molecule has 1 saturated heterocycles. The Morgan fingerprint density at radius 1 is 1.04 bits per heavy atom. The standard InChI is InChI=1S/C23H26N4O/c1-2-18-10-8-9-17-27(18)23-24-16-15-22(26-23)25-20-13-6-7-14-21(20)28-19-11-4-3-5-12-19/h3-7,11-16,18H,2,8-10,17H2,1H3,(H,24,25,26). The predicted octanol–water partition coefficient (Wildman–Crippen LogP) is 5.78. The van der Waals surface area contributed by atoms with E-state index in [1.54, 1.807) is 0 Å². The van der Waals surface area contributed by atoms with Gasteiger partial charge in [0, 0.05) is 18.8 Å². The molecule has 144 valence electrons. The van der Waals surface area contributed by atoms with Crippen LogP contribution in [-0.4, -0.2) is 22.6 Å². The van der Waals surface area contributed by atoms with Crippen LogP contribution < -0.4 is 15.0 Å². The molecule has 4 rings (SSSR count). The third kappa shape index (κ3) is 4.25. The highest BCUT2D eigenvalue weighted by Crippen LogP contribution is 2.31. The zero-order valence-electron chi connectivity index (χ0n) is 16.2. The van der Waals surface area contributed by atoms with Crippen LogP contribution in [0.25, 0.3) is 0 Å². The van der Waals surface area contributed by atoms with Crippen molar-refractivity contribution in [1.29, 1.82) is 0 Å². The normalized spacial score (nSPS) is 16.6. The molecule has 0 bridgehead atoms.